The molecule has 0 spiro atoms. The van der Waals surface area contributed by atoms with Gasteiger partial charge in [0.05, 0.1) is 10.5 Å². The predicted molar refractivity (Wildman–Crippen MR) is 90.1 cm³/mol. The van der Waals surface area contributed by atoms with Crippen molar-refractivity contribution in [1.29, 1.82) is 0 Å². The van der Waals surface area contributed by atoms with Gasteiger partial charge in [-0.05, 0) is 36.2 Å². The van der Waals surface area contributed by atoms with Gasteiger partial charge < -0.3 is 10.6 Å². The lowest BCUT2D eigenvalue weighted by Gasteiger charge is -2.11. The summed E-state index contributed by atoms with van der Waals surface area (Å²) in [6, 6.07) is 9.17. The summed E-state index contributed by atoms with van der Waals surface area (Å²) in [7, 11) is 1.51. The maximum absolute atomic E-state index is 12.7. The van der Waals surface area contributed by atoms with E-state index in [1.54, 1.807) is 24.3 Å². The zero-order valence-corrected chi connectivity index (χ0v) is 13.8. The highest BCUT2D eigenvalue weighted by Gasteiger charge is 2.32. The van der Waals surface area contributed by atoms with E-state index in [4.69, 9.17) is 0 Å². The number of nitro benzene ring substituents is 1. The van der Waals surface area contributed by atoms with Crippen LogP contribution in [0.3, 0.4) is 0 Å². The summed E-state index contributed by atoms with van der Waals surface area (Å²) in [4.78, 5) is 21.8. The second-order valence-corrected chi connectivity index (χ2v) is 5.44. The van der Waals surface area contributed by atoms with E-state index in [0.29, 0.717) is 18.1 Å². The Balaban J connectivity index is 2.10. The van der Waals surface area contributed by atoms with Gasteiger partial charge in [0.25, 0.3) is 11.6 Å². The van der Waals surface area contributed by atoms with Crippen molar-refractivity contribution in [3.8, 4) is 0 Å². The first kappa shape index (κ1) is 19.2. The lowest BCUT2D eigenvalue weighted by atomic mass is 10.1. The van der Waals surface area contributed by atoms with Crippen LogP contribution in [0.1, 0.15) is 21.5 Å². The molecule has 0 aliphatic heterocycles. The van der Waals surface area contributed by atoms with E-state index >= 15 is 0 Å². The van der Waals surface area contributed by atoms with Crippen molar-refractivity contribution in [2.24, 2.45) is 0 Å². The molecule has 9 heteroatoms. The number of hydrogen-bond acceptors (Lipinski definition) is 4. The zero-order valence-electron chi connectivity index (χ0n) is 13.8. The number of benzene rings is 2. The Morgan fingerprint density at radius 2 is 1.92 bits per heavy atom. The maximum Gasteiger partial charge on any atom is 0.416 e. The molecule has 0 radical (unpaired) electrons. The van der Waals surface area contributed by atoms with Gasteiger partial charge in [-0.3, -0.25) is 14.9 Å². The maximum atomic E-state index is 12.7. The lowest BCUT2D eigenvalue weighted by Crippen LogP contribution is -2.18. The number of amides is 1. The number of rotatable bonds is 6. The minimum atomic E-state index is -4.65. The monoisotopic (exact) mass is 367 g/mol. The standard InChI is InChI=1S/C17H16F3N3O3/c1-21-16(24)12-4-2-3-11(9-12)7-8-22-14-6-5-13(17(18,19)20)10-15(14)23(25)26/h2-6,9-10,22H,7-8H2,1H3,(H,21,24). The van der Waals surface area contributed by atoms with E-state index in [1.165, 1.54) is 7.05 Å². The van der Waals surface area contributed by atoms with Gasteiger partial charge in [-0.25, -0.2) is 0 Å². The molecule has 2 rings (SSSR count). The van der Waals surface area contributed by atoms with Crippen LogP contribution in [-0.4, -0.2) is 24.4 Å². The molecule has 26 heavy (non-hydrogen) atoms. The molecular formula is C17H16F3N3O3. The molecule has 138 valence electrons. The Bertz CT molecular complexity index is 822. The van der Waals surface area contributed by atoms with Gasteiger partial charge in [0.1, 0.15) is 5.69 Å². The first-order valence-corrected chi connectivity index (χ1v) is 7.63. The summed E-state index contributed by atoms with van der Waals surface area (Å²) in [6.07, 6.45) is -4.22. The molecule has 0 fully saturated rings. The van der Waals surface area contributed by atoms with E-state index in [9.17, 15) is 28.1 Å². The van der Waals surface area contributed by atoms with Gasteiger partial charge in [-0.15, -0.1) is 0 Å². The largest absolute Gasteiger partial charge is 0.416 e. The molecule has 0 aromatic heterocycles. The van der Waals surface area contributed by atoms with Crippen molar-refractivity contribution in [3.05, 3.63) is 69.3 Å². The number of carbonyl (C=O) groups is 1. The first-order valence-electron chi connectivity index (χ1n) is 7.63. The topological polar surface area (TPSA) is 84.3 Å². The molecule has 0 aliphatic rings. The average Bonchev–Trinajstić information content (AvgIpc) is 2.60. The first-order chi connectivity index (χ1) is 12.2. The Morgan fingerprint density at radius 1 is 1.19 bits per heavy atom. The minimum absolute atomic E-state index is 0.00505. The van der Waals surface area contributed by atoms with Gasteiger partial charge >= 0.3 is 6.18 Å². The van der Waals surface area contributed by atoms with Crippen LogP contribution in [-0.2, 0) is 12.6 Å². The SMILES string of the molecule is CNC(=O)c1cccc(CCNc2ccc(C(F)(F)F)cc2[N+](=O)[O-])c1. The van der Waals surface area contributed by atoms with Crippen LogP contribution in [0.2, 0.25) is 0 Å². The quantitative estimate of drug-likeness (QED) is 0.603. The highest BCUT2D eigenvalue weighted by atomic mass is 19.4. The summed E-state index contributed by atoms with van der Waals surface area (Å²) in [5, 5.41) is 16.3. The van der Waals surface area contributed by atoms with Crippen LogP contribution in [0.5, 0.6) is 0 Å². The van der Waals surface area contributed by atoms with Crippen molar-refractivity contribution < 1.29 is 22.9 Å². The molecule has 0 atom stereocenters. The number of alkyl halides is 3. The highest BCUT2D eigenvalue weighted by molar-refractivity contribution is 5.94. The fourth-order valence-electron chi connectivity index (χ4n) is 2.36. The molecule has 1 amide bonds. The van der Waals surface area contributed by atoms with Crippen molar-refractivity contribution >= 4 is 17.3 Å². The van der Waals surface area contributed by atoms with Crippen LogP contribution >= 0.6 is 0 Å². The molecule has 0 unspecified atom stereocenters. The summed E-state index contributed by atoms with van der Waals surface area (Å²) in [5.74, 6) is -0.238. The normalized spacial score (nSPS) is 11.1. The van der Waals surface area contributed by atoms with E-state index in [0.717, 1.165) is 17.7 Å². The third-order valence-corrected chi connectivity index (χ3v) is 3.67. The van der Waals surface area contributed by atoms with Crippen LogP contribution in [0.4, 0.5) is 24.5 Å². The molecule has 0 saturated heterocycles. The zero-order chi connectivity index (χ0) is 19.3. The van der Waals surface area contributed by atoms with Gasteiger partial charge in [-0.2, -0.15) is 13.2 Å². The Kier molecular flexibility index (Phi) is 5.81. The summed E-state index contributed by atoms with van der Waals surface area (Å²) in [6.45, 7) is 0.253. The number of carbonyl (C=O) groups excluding carboxylic acids is 1. The number of nitrogens with zero attached hydrogens (tertiary/aromatic N) is 1. The number of nitro groups is 1. The van der Waals surface area contributed by atoms with E-state index in [1.807, 2.05) is 0 Å². The summed E-state index contributed by atoms with van der Waals surface area (Å²) < 4.78 is 38.1. The van der Waals surface area contributed by atoms with E-state index < -0.39 is 22.4 Å². The predicted octanol–water partition coefficient (Wildman–Crippen LogP) is 3.63. The van der Waals surface area contributed by atoms with E-state index in [2.05, 4.69) is 10.6 Å². The second kappa shape index (κ2) is 7.85. The second-order valence-electron chi connectivity index (χ2n) is 5.44. The number of nitrogens with one attached hydrogen (secondary N) is 2. The van der Waals surface area contributed by atoms with Crippen molar-refractivity contribution in [1.82, 2.24) is 5.32 Å². The van der Waals surface area contributed by atoms with Crippen LogP contribution < -0.4 is 10.6 Å². The highest BCUT2D eigenvalue weighted by Crippen LogP contribution is 2.34. The van der Waals surface area contributed by atoms with Crippen molar-refractivity contribution in [3.63, 3.8) is 0 Å². The van der Waals surface area contributed by atoms with Gasteiger partial charge in [0.15, 0.2) is 0 Å². The molecule has 0 bridgehead atoms. The Morgan fingerprint density at radius 3 is 2.54 bits per heavy atom. The molecule has 0 aliphatic carbocycles. The fourth-order valence-corrected chi connectivity index (χ4v) is 2.36. The van der Waals surface area contributed by atoms with Gasteiger partial charge in [0, 0.05) is 25.2 Å². The van der Waals surface area contributed by atoms with Gasteiger partial charge in [0.2, 0.25) is 0 Å². The average molecular weight is 367 g/mol. The molecule has 2 N–H and O–H groups in total. The minimum Gasteiger partial charge on any atom is -0.379 e. The third-order valence-electron chi connectivity index (χ3n) is 3.67. The van der Waals surface area contributed by atoms with Crippen LogP contribution in [0, 0.1) is 10.1 Å². The molecule has 2 aromatic rings. The Labute approximate surface area is 147 Å². The van der Waals surface area contributed by atoms with E-state index in [-0.39, 0.29) is 18.1 Å². The summed E-state index contributed by atoms with van der Waals surface area (Å²) in [5.41, 5.74) is -0.420. The number of hydrogen-bond donors (Lipinski definition) is 2. The molecule has 2 aromatic carbocycles. The molecule has 6 nitrogen and oxygen atoms in total. The van der Waals surface area contributed by atoms with Crippen LogP contribution in [0.15, 0.2) is 42.5 Å². The number of halogens is 3. The van der Waals surface area contributed by atoms with Gasteiger partial charge in [-0.1, -0.05) is 12.1 Å². The molecular weight excluding hydrogens is 351 g/mol. The smallest absolute Gasteiger partial charge is 0.379 e. The van der Waals surface area contributed by atoms with Crippen molar-refractivity contribution in [2.45, 2.75) is 12.6 Å². The lowest BCUT2D eigenvalue weighted by molar-refractivity contribution is -0.384. The Hall–Kier alpha value is -3.10. The third kappa shape index (κ3) is 4.71. The molecule has 0 saturated carbocycles. The fraction of sp³-hybridized carbons (Fsp3) is 0.235. The molecule has 0 heterocycles. The van der Waals surface area contributed by atoms with Crippen LogP contribution in [0.25, 0.3) is 0 Å². The van der Waals surface area contributed by atoms with Crippen molar-refractivity contribution in [2.75, 3.05) is 18.9 Å². The summed E-state index contributed by atoms with van der Waals surface area (Å²) >= 11 is 0. The number of anilines is 1.